The predicted molar refractivity (Wildman–Crippen MR) is 99.1 cm³/mol. The van der Waals surface area contributed by atoms with Gasteiger partial charge in [0.05, 0.1) is 24.4 Å². The van der Waals surface area contributed by atoms with Crippen molar-refractivity contribution in [2.24, 2.45) is 5.92 Å². The normalized spacial score (nSPS) is 17.9. The lowest BCUT2D eigenvalue weighted by molar-refractivity contribution is -0.122. The summed E-state index contributed by atoms with van der Waals surface area (Å²) in [6.07, 6.45) is 0.141. The molecule has 2 aromatic rings. The number of fused-ring (bicyclic) bond motifs is 1. The summed E-state index contributed by atoms with van der Waals surface area (Å²) in [5.74, 6) is 0.959. The Kier molecular flexibility index (Phi) is 4.23. The van der Waals surface area contributed by atoms with Crippen molar-refractivity contribution in [1.82, 2.24) is 0 Å². The number of hydrogen-bond donors (Lipinski definition) is 2. The zero-order valence-corrected chi connectivity index (χ0v) is 14.7. The van der Waals surface area contributed by atoms with Crippen molar-refractivity contribution in [1.29, 1.82) is 0 Å². The Morgan fingerprint density at radius 1 is 1.22 bits per heavy atom. The SMILES string of the molecule is COc1ccc(N2CC(C(=O)Nc3cc4c(cc3N)OCO4)CC2=O)cc1. The molecule has 27 heavy (non-hydrogen) atoms. The number of hydrogen-bond acceptors (Lipinski definition) is 6. The van der Waals surface area contributed by atoms with Crippen LogP contribution in [0.2, 0.25) is 0 Å². The highest BCUT2D eigenvalue weighted by Crippen LogP contribution is 2.38. The number of amides is 2. The Morgan fingerprint density at radius 2 is 1.93 bits per heavy atom. The van der Waals surface area contributed by atoms with E-state index in [4.69, 9.17) is 19.9 Å². The number of methoxy groups -OCH3 is 1. The van der Waals surface area contributed by atoms with E-state index in [-0.39, 0.29) is 25.0 Å². The third kappa shape index (κ3) is 3.21. The van der Waals surface area contributed by atoms with Gasteiger partial charge in [-0.2, -0.15) is 0 Å². The number of nitrogens with one attached hydrogen (secondary N) is 1. The van der Waals surface area contributed by atoms with Gasteiger partial charge in [-0.25, -0.2) is 0 Å². The first kappa shape index (κ1) is 17.0. The van der Waals surface area contributed by atoms with Crippen LogP contribution in [0.4, 0.5) is 17.1 Å². The molecular weight excluding hydrogens is 350 g/mol. The molecule has 0 aliphatic carbocycles. The molecular formula is C19H19N3O5. The van der Waals surface area contributed by atoms with Crippen LogP contribution < -0.4 is 30.2 Å². The van der Waals surface area contributed by atoms with E-state index >= 15 is 0 Å². The molecule has 2 heterocycles. The highest BCUT2D eigenvalue weighted by Gasteiger charge is 2.35. The standard InChI is InChI=1S/C19H19N3O5/c1-25-13-4-2-12(3-5-13)22-9-11(6-18(22)23)19(24)21-15-8-17-16(7-14(15)20)26-10-27-17/h2-5,7-8,11H,6,9-10,20H2,1H3,(H,21,24). The Hall–Kier alpha value is -3.42. The molecule has 8 heteroatoms. The van der Waals surface area contributed by atoms with Crippen LogP contribution in [0.5, 0.6) is 17.2 Å². The zero-order valence-electron chi connectivity index (χ0n) is 14.7. The fraction of sp³-hybridized carbons (Fsp3) is 0.263. The predicted octanol–water partition coefficient (Wildman–Crippen LogP) is 2.00. The van der Waals surface area contributed by atoms with Crippen LogP contribution in [0.1, 0.15) is 6.42 Å². The first-order valence-electron chi connectivity index (χ1n) is 8.49. The minimum atomic E-state index is -0.468. The number of carbonyl (C=O) groups is 2. The van der Waals surface area contributed by atoms with Gasteiger partial charge in [0.1, 0.15) is 5.75 Å². The maximum atomic E-state index is 12.7. The van der Waals surface area contributed by atoms with Crippen molar-refractivity contribution in [2.75, 3.05) is 36.4 Å². The van der Waals surface area contributed by atoms with Crippen molar-refractivity contribution in [3.05, 3.63) is 36.4 Å². The van der Waals surface area contributed by atoms with Gasteiger partial charge in [0.15, 0.2) is 11.5 Å². The molecule has 3 N–H and O–H groups in total. The molecule has 2 aromatic carbocycles. The van der Waals surface area contributed by atoms with Gasteiger partial charge in [-0.05, 0) is 24.3 Å². The Balaban J connectivity index is 1.46. The summed E-state index contributed by atoms with van der Waals surface area (Å²) >= 11 is 0. The number of rotatable bonds is 4. The minimum absolute atomic E-state index is 0.0982. The average molecular weight is 369 g/mol. The van der Waals surface area contributed by atoms with Crippen molar-refractivity contribution < 1.29 is 23.8 Å². The van der Waals surface area contributed by atoms with Gasteiger partial charge in [-0.3, -0.25) is 9.59 Å². The summed E-state index contributed by atoms with van der Waals surface area (Å²) < 4.78 is 15.7. The van der Waals surface area contributed by atoms with Crippen LogP contribution in [0.3, 0.4) is 0 Å². The van der Waals surface area contributed by atoms with Crippen LogP contribution in [-0.4, -0.2) is 32.3 Å². The minimum Gasteiger partial charge on any atom is -0.497 e. The van der Waals surface area contributed by atoms with Gasteiger partial charge in [-0.15, -0.1) is 0 Å². The molecule has 2 amide bonds. The highest BCUT2D eigenvalue weighted by atomic mass is 16.7. The summed E-state index contributed by atoms with van der Waals surface area (Å²) in [5.41, 5.74) is 7.53. The molecule has 1 saturated heterocycles. The molecule has 1 atom stereocenters. The molecule has 4 rings (SSSR count). The summed E-state index contributed by atoms with van der Waals surface area (Å²) in [5, 5.41) is 2.79. The summed E-state index contributed by atoms with van der Waals surface area (Å²) in [4.78, 5) is 26.6. The molecule has 0 aromatic heterocycles. The molecule has 2 aliphatic rings. The fourth-order valence-electron chi connectivity index (χ4n) is 3.20. The number of nitrogens with two attached hydrogens (primary N) is 1. The third-order valence-corrected chi connectivity index (χ3v) is 4.68. The van der Waals surface area contributed by atoms with Crippen LogP contribution >= 0.6 is 0 Å². The smallest absolute Gasteiger partial charge is 0.231 e. The fourth-order valence-corrected chi connectivity index (χ4v) is 3.20. The maximum absolute atomic E-state index is 12.7. The number of ether oxygens (including phenoxy) is 3. The topological polar surface area (TPSA) is 103 Å². The van der Waals surface area contributed by atoms with Crippen molar-refractivity contribution in [3.8, 4) is 17.2 Å². The maximum Gasteiger partial charge on any atom is 0.231 e. The summed E-state index contributed by atoms with van der Waals surface area (Å²) in [6, 6.07) is 10.4. The molecule has 0 bridgehead atoms. The molecule has 0 saturated carbocycles. The van der Waals surface area contributed by atoms with Gasteiger partial charge in [0, 0.05) is 30.8 Å². The van der Waals surface area contributed by atoms with Crippen molar-refractivity contribution in [2.45, 2.75) is 6.42 Å². The number of nitrogen functional groups attached to an aromatic ring is 1. The molecule has 1 unspecified atom stereocenters. The van der Waals surface area contributed by atoms with E-state index in [0.29, 0.717) is 35.2 Å². The van der Waals surface area contributed by atoms with Gasteiger partial charge in [0.25, 0.3) is 0 Å². The Morgan fingerprint density at radius 3 is 2.63 bits per heavy atom. The lowest BCUT2D eigenvalue weighted by Crippen LogP contribution is -2.28. The van der Waals surface area contributed by atoms with E-state index < -0.39 is 5.92 Å². The Bertz CT molecular complexity index is 897. The molecule has 2 aliphatic heterocycles. The molecule has 140 valence electrons. The first-order valence-corrected chi connectivity index (χ1v) is 8.49. The first-order chi connectivity index (χ1) is 13.0. The van der Waals surface area contributed by atoms with E-state index in [1.165, 1.54) is 0 Å². The molecule has 0 radical (unpaired) electrons. The van der Waals surface area contributed by atoms with Crippen LogP contribution in [-0.2, 0) is 9.59 Å². The highest BCUT2D eigenvalue weighted by molar-refractivity contribution is 6.04. The molecule has 1 fully saturated rings. The van der Waals surface area contributed by atoms with Crippen LogP contribution in [0.15, 0.2) is 36.4 Å². The number of carbonyl (C=O) groups excluding carboxylic acids is 2. The average Bonchev–Trinajstić information content (AvgIpc) is 3.28. The van der Waals surface area contributed by atoms with E-state index in [0.717, 1.165) is 5.69 Å². The number of anilines is 3. The quantitative estimate of drug-likeness (QED) is 0.799. The molecule has 0 spiro atoms. The second kappa shape index (κ2) is 6.71. The van der Waals surface area contributed by atoms with E-state index in [2.05, 4.69) is 5.32 Å². The van der Waals surface area contributed by atoms with Crippen LogP contribution in [0, 0.1) is 5.92 Å². The van der Waals surface area contributed by atoms with E-state index in [1.54, 1.807) is 48.4 Å². The van der Waals surface area contributed by atoms with Gasteiger partial charge < -0.3 is 30.2 Å². The second-order valence-electron chi connectivity index (χ2n) is 6.39. The second-order valence-corrected chi connectivity index (χ2v) is 6.39. The summed E-state index contributed by atoms with van der Waals surface area (Å²) in [7, 11) is 1.58. The Labute approximate surface area is 155 Å². The third-order valence-electron chi connectivity index (χ3n) is 4.68. The van der Waals surface area contributed by atoms with Crippen LogP contribution in [0.25, 0.3) is 0 Å². The van der Waals surface area contributed by atoms with Gasteiger partial charge in [0.2, 0.25) is 18.6 Å². The zero-order chi connectivity index (χ0) is 19.0. The summed E-state index contributed by atoms with van der Waals surface area (Å²) in [6.45, 7) is 0.432. The molecule has 8 nitrogen and oxygen atoms in total. The lowest BCUT2D eigenvalue weighted by Gasteiger charge is -2.17. The van der Waals surface area contributed by atoms with Crippen molar-refractivity contribution >= 4 is 28.9 Å². The van der Waals surface area contributed by atoms with Gasteiger partial charge in [-0.1, -0.05) is 0 Å². The van der Waals surface area contributed by atoms with Crippen molar-refractivity contribution in [3.63, 3.8) is 0 Å². The number of benzene rings is 2. The van der Waals surface area contributed by atoms with E-state index in [9.17, 15) is 9.59 Å². The van der Waals surface area contributed by atoms with Gasteiger partial charge >= 0.3 is 0 Å². The largest absolute Gasteiger partial charge is 0.497 e. The number of nitrogens with zero attached hydrogens (tertiary/aromatic N) is 1. The van der Waals surface area contributed by atoms with E-state index in [1.807, 2.05) is 0 Å². The monoisotopic (exact) mass is 369 g/mol. The lowest BCUT2D eigenvalue weighted by atomic mass is 10.1.